The van der Waals surface area contributed by atoms with E-state index in [0.29, 0.717) is 16.2 Å². The second-order valence-electron chi connectivity index (χ2n) is 4.91. The first-order valence-electron chi connectivity index (χ1n) is 6.65. The third-order valence-corrected chi connectivity index (χ3v) is 4.09. The SMILES string of the molecule is Cc1cccc(N2C(=O)S/C(=C\c3ccc(F)cc3)C2=O)c1. The lowest BCUT2D eigenvalue weighted by atomic mass is 10.2. The maximum absolute atomic E-state index is 12.9. The third-order valence-electron chi connectivity index (χ3n) is 3.22. The van der Waals surface area contributed by atoms with Crippen molar-refractivity contribution in [2.45, 2.75) is 6.92 Å². The molecule has 0 aromatic heterocycles. The van der Waals surface area contributed by atoms with Crippen LogP contribution >= 0.6 is 11.8 Å². The highest BCUT2D eigenvalue weighted by molar-refractivity contribution is 8.19. The second kappa shape index (κ2) is 5.77. The van der Waals surface area contributed by atoms with Gasteiger partial charge in [0.05, 0.1) is 10.6 Å². The summed E-state index contributed by atoms with van der Waals surface area (Å²) >= 11 is 0.886. The van der Waals surface area contributed by atoms with Gasteiger partial charge in [0, 0.05) is 0 Å². The van der Waals surface area contributed by atoms with Crippen molar-refractivity contribution in [2.24, 2.45) is 0 Å². The van der Waals surface area contributed by atoms with Crippen LogP contribution in [0, 0.1) is 12.7 Å². The van der Waals surface area contributed by atoms with Crippen molar-refractivity contribution >= 4 is 34.7 Å². The van der Waals surface area contributed by atoms with Crippen molar-refractivity contribution in [2.75, 3.05) is 4.90 Å². The molecule has 0 saturated carbocycles. The van der Waals surface area contributed by atoms with E-state index in [4.69, 9.17) is 0 Å². The Morgan fingerprint density at radius 2 is 1.82 bits per heavy atom. The number of amides is 2. The number of carbonyl (C=O) groups excluding carboxylic acids is 2. The summed E-state index contributed by atoms with van der Waals surface area (Å²) in [6.45, 7) is 1.90. The van der Waals surface area contributed by atoms with Crippen molar-refractivity contribution < 1.29 is 14.0 Å². The fourth-order valence-electron chi connectivity index (χ4n) is 2.17. The lowest BCUT2D eigenvalue weighted by molar-refractivity contribution is -0.113. The second-order valence-corrected chi connectivity index (χ2v) is 5.90. The van der Waals surface area contributed by atoms with Gasteiger partial charge in [0.1, 0.15) is 5.82 Å². The van der Waals surface area contributed by atoms with Crippen LogP contribution in [0.25, 0.3) is 6.08 Å². The summed E-state index contributed by atoms with van der Waals surface area (Å²) in [4.78, 5) is 26.1. The fourth-order valence-corrected chi connectivity index (χ4v) is 3.01. The molecule has 1 heterocycles. The standard InChI is InChI=1S/C17H12FNO2S/c1-11-3-2-4-14(9-11)19-16(20)15(22-17(19)21)10-12-5-7-13(18)8-6-12/h2-10H,1H3/b15-10-. The highest BCUT2D eigenvalue weighted by Gasteiger charge is 2.36. The van der Waals surface area contributed by atoms with Gasteiger partial charge in [-0.05, 0) is 60.2 Å². The van der Waals surface area contributed by atoms with Gasteiger partial charge in [-0.15, -0.1) is 0 Å². The largest absolute Gasteiger partial charge is 0.298 e. The summed E-state index contributed by atoms with van der Waals surface area (Å²) in [6, 6.07) is 13.0. The van der Waals surface area contributed by atoms with E-state index in [2.05, 4.69) is 0 Å². The van der Waals surface area contributed by atoms with Gasteiger partial charge in [-0.2, -0.15) is 0 Å². The number of rotatable bonds is 2. The summed E-state index contributed by atoms with van der Waals surface area (Å²) in [5, 5.41) is -0.330. The van der Waals surface area contributed by atoms with Crippen molar-refractivity contribution in [3.05, 3.63) is 70.4 Å². The molecule has 0 spiro atoms. The van der Waals surface area contributed by atoms with E-state index in [1.54, 1.807) is 36.4 Å². The van der Waals surface area contributed by atoms with Crippen LogP contribution in [-0.4, -0.2) is 11.1 Å². The van der Waals surface area contributed by atoms with Crippen LogP contribution in [0.2, 0.25) is 0 Å². The van der Waals surface area contributed by atoms with E-state index in [-0.39, 0.29) is 17.0 Å². The Labute approximate surface area is 131 Å². The maximum atomic E-state index is 12.9. The van der Waals surface area contributed by atoms with Crippen molar-refractivity contribution in [3.63, 3.8) is 0 Å². The number of halogens is 1. The number of thioether (sulfide) groups is 1. The topological polar surface area (TPSA) is 37.4 Å². The zero-order valence-corrected chi connectivity index (χ0v) is 12.6. The van der Waals surface area contributed by atoms with Gasteiger partial charge in [-0.3, -0.25) is 9.59 Å². The molecule has 2 aromatic rings. The predicted octanol–water partition coefficient (Wildman–Crippen LogP) is 4.38. The van der Waals surface area contributed by atoms with Gasteiger partial charge in [0.15, 0.2) is 0 Å². The number of benzene rings is 2. The van der Waals surface area contributed by atoms with E-state index < -0.39 is 0 Å². The van der Waals surface area contributed by atoms with Crippen LogP contribution in [0.15, 0.2) is 53.4 Å². The first-order chi connectivity index (χ1) is 10.5. The molecule has 3 nitrogen and oxygen atoms in total. The molecular formula is C17H12FNO2S. The number of nitrogens with zero attached hydrogens (tertiary/aromatic N) is 1. The minimum absolute atomic E-state index is 0.330. The quantitative estimate of drug-likeness (QED) is 0.772. The molecule has 2 aromatic carbocycles. The molecule has 22 heavy (non-hydrogen) atoms. The Morgan fingerprint density at radius 1 is 1.09 bits per heavy atom. The zero-order valence-electron chi connectivity index (χ0n) is 11.7. The van der Waals surface area contributed by atoms with E-state index >= 15 is 0 Å². The number of aryl methyl sites for hydroxylation is 1. The van der Waals surface area contributed by atoms with E-state index in [1.165, 1.54) is 12.1 Å². The summed E-state index contributed by atoms with van der Waals surface area (Å²) in [5.41, 5.74) is 2.21. The van der Waals surface area contributed by atoms with Crippen LogP contribution in [0.3, 0.4) is 0 Å². The molecule has 110 valence electrons. The number of carbonyl (C=O) groups is 2. The normalized spacial score (nSPS) is 16.6. The molecule has 1 aliphatic heterocycles. The van der Waals surface area contributed by atoms with Crippen molar-refractivity contribution in [1.29, 1.82) is 0 Å². The molecule has 0 N–H and O–H groups in total. The first-order valence-corrected chi connectivity index (χ1v) is 7.46. The maximum Gasteiger partial charge on any atom is 0.298 e. The Kier molecular flexibility index (Phi) is 3.81. The first kappa shape index (κ1) is 14.5. The Bertz CT molecular complexity index is 784. The molecule has 5 heteroatoms. The molecular weight excluding hydrogens is 301 g/mol. The molecule has 1 fully saturated rings. The Hall–Kier alpha value is -2.40. The number of hydrogen-bond acceptors (Lipinski definition) is 3. The van der Waals surface area contributed by atoms with Crippen molar-refractivity contribution in [1.82, 2.24) is 0 Å². The smallest absolute Gasteiger partial charge is 0.268 e. The van der Waals surface area contributed by atoms with E-state index in [9.17, 15) is 14.0 Å². The highest BCUT2D eigenvalue weighted by Crippen LogP contribution is 2.35. The molecule has 1 saturated heterocycles. The molecule has 0 aliphatic carbocycles. The molecule has 0 unspecified atom stereocenters. The van der Waals surface area contributed by atoms with Crippen LogP contribution in [0.5, 0.6) is 0 Å². The van der Waals surface area contributed by atoms with Crippen LogP contribution < -0.4 is 4.90 Å². The summed E-state index contributed by atoms with van der Waals surface area (Å²) in [5.74, 6) is -0.699. The van der Waals surface area contributed by atoms with Crippen LogP contribution in [-0.2, 0) is 4.79 Å². The highest BCUT2D eigenvalue weighted by atomic mass is 32.2. The fraction of sp³-hybridized carbons (Fsp3) is 0.0588. The van der Waals surface area contributed by atoms with Gasteiger partial charge < -0.3 is 0 Å². The minimum atomic E-state index is -0.357. The molecule has 0 radical (unpaired) electrons. The van der Waals surface area contributed by atoms with Gasteiger partial charge in [-0.25, -0.2) is 9.29 Å². The molecule has 3 rings (SSSR count). The molecule has 1 aliphatic rings. The average molecular weight is 313 g/mol. The molecule has 2 amide bonds. The van der Waals surface area contributed by atoms with E-state index in [1.807, 2.05) is 13.0 Å². The Morgan fingerprint density at radius 3 is 2.50 bits per heavy atom. The summed E-state index contributed by atoms with van der Waals surface area (Å²) in [6.07, 6.45) is 1.60. The average Bonchev–Trinajstić information content (AvgIpc) is 2.76. The minimum Gasteiger partial charge on any atom is -0.268 e. The van der Waals surface area contributed by atoms with Crippen LogP contribution in [0.4, 0.5) is 14.9 Å². The third kappa shape index (κ3) is 2.80. The lowest BCUT2D eigenvalue weighted by Gasteiger charge is -2.12. The monoisotopic (exact) mass is 313 g/mol. The predicted molar refractivity (Wildman–Crippen MR) is 86.0 cm³/mol. The number of anilines is 1. The molecule has 0 bridgehead atoms. The summed E-state index contributed by atoms with van der Waals surface area (Å²) in [7, 11) is 0. The summed E-state index contributed by atoms with van der Waals surface area (Å²) < 4.78 is 12.9. The van der Waals surface area contributed by atoms with Gasteiger partial charge in [0.25, 0.3) is 11.1 Å². The van der Waals surface area contributed by atoms with Gasteiger partial charge >= 0.3 is 0 Å². The number of imide groups is 1. The lowest BCUT2D eigenvalue weighted by Crippen LogP contribution is -2.27. The Balaban J connectivity index is 1.93. The molecule has 0 atom stereocenters. The van der Waals surface area contributed by atoms with E-state index in [0.717, 1.165) is 22.2 Å². The van der Waals surface area contributed by atoms with Crippen molar-refractivity contribution in [3.8, 4) is 0 Å². The van der Waals surface area contributed by atoms with Gasteiger partial charge in [-0.1, -0.05) is 24.3 Å². The zero-order chi connectivity index (χ0) is 15.7. The number of hydrogen-bond donors (Lipinski definition) is 0. The van der Waals surface area contributed by atoms with Gasteiger partial charge in [0.2, 0.25) is 0 Å². The van der Waals surface area contributed by atoms with Crippen LogP contribution in [0.1, 0.15) is 11.1 Å².